The number of ether oxygens (including phenoxy) is 1. The van der Waals surface area contributed by atoms with Crippen LogP contribution in [-0.4, -0.2) is 34.7 Å². The Kier molecular flexibility index (Phi) is 3.21. The third kappa shape index (κ3) is 2.00. The van der Waals surface area contributed by atoms with E-state index in [9.17, 15) is 0 Å². The highest BCUT2D eigenvalue weighted by Gasteiger charge is 2.26. The van der Waals surface area contributed by atoms with Gasteiger partial charge in [-0.3, -0.25) is 4.40 Å². The van der Waals surface area contributed by atoms with E-state index in [2.05, 4.69) is 23.1 Å². The third-order valence-electron chi connectivity index (χ3n) is 3.19. The van der Waals surface area contributed by atoms with Gasteiger partial charge in [-0.15, -0.1) is 22.9 Å². The Hall–Kier alpha value is -0.780. The molecule has 98 valence electrons. The molecule has 0 amide bonds. The van der Waals surface area contributed by atoms with Gasteiger partial charge in [0.2, 0.25) is 0 Å². The van der Waals surface area contributed by atoms with Gasteiger partial charge in [-0.2, -0.15) is 0 Å². The summed E-state index contributed by atoms with van der Waals surface area (Å²) in [6, 6.07) is 0. The van der Waals surface area contributed by atoms with E-state index in [1.807, 2.05) is 11.6 Å². The van der Waals surface area contributed by atoms with Gasteiger partial charge in [-0.1, -0.05) is 0 Å². The molecule has 1 fully saturated rings. The van der Waals surface area contributed by atoms with Crippen molar-refractivity contribution in [2.75, 3.05) is 18.0 Å². The minimum atomic E-state index is 0.233. The van der Waals surface area contributed by atoms with Crippen molar-refractivity contribution in [2.45, 2.75) is 31.9 Å². The largest absolute Gasteiger partial charge is 0.372 e. The summed E-state index contributed by atoms with van der Waals surface area (Å²) >= 11 is 7.73. The van der Waals surface area contributed by atoms with Crippen molar-refractivity contribution in [1.82, 2.24) is 9.38 Å². The number of hydrogen-bond donors (Lipinski definition) is 0. The molecule has 3 rings (SSSR count). The van der Waals surface area contributed by atoms with Crippen LogP contribution in [0.2, 0.25) is 0 Å². The molecule has 2 aromatic rings. The SMILES string of the molecule is C[C@@H]1CN(c2nc3sccn3c2CCl)C[C@H](C)O1. The first-order valence-electron chi connectivity index (χ1n) is 6.10. The first kappa shape index (κ1) is 12.3. The average Bonchev–Trinajstić information content (AvgIpc) is 2.86. The standard InChI is InChI=1S/C12H16ClN3OS/c1-8-6-15(7-9(2)17-8)11-10(5-13)16-3-4-18-12(16)14-11/h3-4,8-9H,5-7H2,1-2H3/t8-,9+. The zero-order valence-corrected chi connectivity index (χ0v) is 12.0. The predicted molar refractivity (Wildman–Crippen MR) is 74.8 cm³/mol. The molecular weight excluding hydrogens is 270 g/mol. The Morgan fingerprint density at radius 1 is 1.44 bits per heavy atom. The fourth-order valence-electron chi connectivity index (χ4n) is 2.55. The van der Waals surface area contributed by atoms with E-state index in [-0.39, 0.29) is 12.2 Å². The van der Waals surface area contributed by atoms with E-state index >= 15 is 0 Å². The van der Waals surface area contributed by atoms with Gasteiger partial charge < -0.3 is 9.64 Å². The number of imidazole rings is 1. The van der Waals surface area contributed by atoms with Gasteiger partial charge in [-0.05, 0) is 13.8 Å². The zero-order valence-electron chi connectivity index (χ0n) is 10.5. The molecule has 1 saturated heterocycles. The molecule has 0 aromatic carbocycles. The Morgan fingerprint density at radius 3 is 2.83 bits per heavy atom. The van der Waals surface area contributed by atoms with Crippen molar-refractivity contribution in [1.29, 1.82) is 0 Å². The van der Waals surface area contributed by atoms with Crippen molar-refractivity contribution < 1.29 is 4.74 Å². The van der Waals surface area contributed by atoms with Gasteiger partial charge in [0.05, 0.1) is 23.8 Å². The maximum absolute atomic E-state index is 6.09. The number of halogens is 1. The van der Waals surface area contributed by atoms with E-state index in [1.165, 1.54) is 0 Å². The molecule has 0 aliphatic carbocycles. The number of nitrogens with zero attached hydrogens (tertiary/aromatic N) is 3. The van der Waals surface area contributed by atoms with Crippen LogP contribution in [0.5, 0.6) is 0 Å². The fraction of sp³-hybridized carbons (Fsp3) is 0.583. The van der Waals surface area contributed by atoms with Gasteiger partial charge in [-0.25, -0.2) is 4.98 Å². The smallest absolute Gasteiger partial charge is 0.195 e. The number of aromatic nitrogens is 2. The number of alkyl halides is 1. The molecule has 1 aliphatic rings. The maximum atomic E-state index is 6.09. The number of thiazole rings is 1. The second kappa shape index (κ2) is 4.72. The molecule has 0 bridgehead atoms. The Bertz CT molecular complexity index is 543. The van der Waals surface area contributed by atoms with Crippen LogP contribution in [0.3, 0.4) is 0 Å². The second-order valence-corrected chi connectivity index (χ2v) is 5.87. The zero-order chi connectivity index (χ0) is 12.7. The summed E-state index contributed by atoms with van der Waals surface area (Å²) in [7, 11) is 0. The summed E-state index contributed by atoms with van der Waals surface area (Å²) in [5.41, 5.74) is 1.08. The van der Waals surface area contributed by atoms with Gasteiger partial charge in [0.1, 0.15) is 0 Å². The molecule has 3 heterocycles. The lowest BCUT2D eigenvalue weighted by Gasteiger charge is -2.35. The number of anilines is 1. The molecule has 0 unspecified atom stereocenters. The molecular formula is C12H16ClN3OS. The van der Waals surface area contributed by atoms with E-state index in [0.717, 1.165) is 29.6 Å². The van der Waals surface area contributed by atoms with E-state index in [4.69, 9.17) is 21.3 Å². The molecule has 2 atom stereocenters. The summed E-state index contributed by atoms with van der Waals surface area (Å²) in [6.45, 7) is 5.95. The van der Waals surface area contributed by atoms with Gasteiger partial charge in [0.15, 0.2) is 10.8 Å². The molecule has 2 aromatic heterocycles. The minimum absolute atomic E-state index is 0.233. The van der Waals surface area contributed by atoms with Gasteiger partial charge in [0.25, 0.3) is 0 Å². The van der Waals surface area contributed by atoms with E-state index in [0.29, 0.717) is 5.88 Å². The van der Waals surface area contributed by atoms with Crippen LogP contribution in [0, 0.1) is 0 Å². The molecule has 6 heteroatoms. The van der Waals surface area contributed by atoms with Crippen molar-refractivity contribution in [2.24, 2.45) is 0 Å². The Morgan fingerprint density at radius 2 is 2.17 bits per heavy atom. The van der Waals surface area contributed by atoms with E-state index in [1.54, 1.807) is 11.3 Å². The monoisotopic (exact) mass is 285 g/mol. The average molecular weight is 286 g/mol. The van der Waals surface area contributed by atoms with Crippen molar-refractivity contribution in [3.63, 3.8) is 0 Å². The van der Waals surface area contributed by atoms with Crippen molar-refractivity contribution in [3.8, 4) is 0 Å². The highest BCUT2D eigenvalue weighted by molar-refractivity contribution is 7.15. The quantitative estimate of drug-likeness (QED) is 0.795. The van der Waals surface area contributed by atoms with Crippen molar-refractivity contribution >= 4 is 33.7 Å². The summed E-state index contributed by atoms with van der Waals surface area (Å²) in [4.78, 5) is 8.00. The lowest BCUT2D eigenvalue weighted by atomic mass is 10.2. The molecule has 0 N–H and O–H groups in total. The molecule has 0 spiro atoms. The van der Waals surface area contributed by atoms with Crippen LogP contribution in [0.25, 0.3) is 4.96 Å². The van der Waals surface area contributed by atoms with Crippen LogP contribution in [0.4, 0.5) is 5.82 Å². The number of rotatable bonds is 2. The summed E-state index contributed by atoms with van der Waals surface area (Å²) < 4.78 is 7.84. The molecule has 0 radical (unpaired) electrons. The third-order valence-corrected chi connectivity index (χ3v) is 4.20. The minimum Gasteiger partial charge on any atom is -0.372 e. The van der Waals surface area contributed by atoms with E-state index < -0.39 is 0 Å². The second-order valence-electron chi connectivity index (χ2n) is 4.73. The Labute approximate surface area is 115 Å². The molecule has 0 saturated carbocycles. The van der Waals surface area contributed by atoms with Crippen LogP contribution in [-0.2, 0) is 10.6 Å². The highest BCUT2D eigenvalue weighted by Crippen LogP contribution is 2.28. The maximum Gasteiger partial charge on any atom is 0.195 e. The van der Waals surface area contributed by atoms with Gasteiger partial charge in [0, 0.05) is 24.7 Å². The normalized spacial score (nSPS) is 24.9. The van der Waals surface area contributed by atoms with Crippen LogP contribution in [0.15, 0.2) is 11.6 Å². The number of fused-ring (bicyclic) bond motifs is 1. The summed E-state index contributed by atoms with van der Waals surface area (Å²) in [6.07, 6.45) is 2.50. The van der Waals surface area contributed by atoms with Gasteiger partial charge >= 0.3 is 0 Å². The number of hydrogen-bond acceptors (Lipinski definition) is 4. The Balaban J connectivity index is 1.99. The highest BCUT2D eigenvalue weighted by atomic mass is 35.5. The first-order valence-corrected chi connectivity index (χ1v) is 7.51. The van der Waals surface area contributed by atoms with Crippen LogP contribution < -0.4 is 4.90 Å². The first-order chi connectivity index (χ1) is 8.69. The summed E-state index contributed by atoms with van der Waals surface area (Å²) in [5.74, 6) is 1.49. The molecule has 1 aliphatic heterocycles. The van der Waals surface area contributed by atoms with Crippen LogP contribution in [0.1, 0.15) is 19.5 Å². The number of morpholine rings is 1. The molecule has 18 heavy (non-hydrogen) atoms. The fourth-order valence-corrected chi connectivity index (χ4v) is 3.53. The predicted octanol–water partition coefficient (Wildman–Crippen LogP) is 2.75. The summed E-state index contributed by atoms with van der Waals surface area (Å²) in [5, 5.41) is 2.03. The topological polar surface area (TPSA) is 29.8 Å². The van der Waals surface area contributed by atoms with Crippen molar-refractivity contribution in [3.05, 3.63) is 17.3 Å². The lowest BCUT2D eigenvalue weighted by molar-refractivity contribution is -0.00546. The van der Waals surface area contributed by atoms with Crippen LogP contribution >= 0.6 is 22.9 Å². The lowest BCUT2D eigenvalue weighted by Crippen LogP contribution is -2.46. The molecule has 4 nitrogen and oxygen atoms in total.